The van der Waals surface area contributed by atoms with Crippen molar-refractivity contribution in [3.05, 3.63) is 42.4 Å². The molecule has 2 aromatic heterocycles. The first kappa shape index (κ1) is 17.1. The molecule has 0 atom stereocenters. The fraction of sp³-hybridized carbons (Fsp3) is 0.312. The minimum absolute atomic E-state index is 0.214. The lowest BCUT2D eigenvalue weighted by Crippen LogP contribution is -2.24. The van der Waals surface area contributed by atoms with Crippen molar-refractivity contribution in [2.24, 2.45) is 0 Å². The van der Waals surface area contributed by atoms with E-state index in [1.54, 1.807) is 22.6 Å². The van der Waals surface area contributed by atoms with Gasteiger partial charge in [-0.15, -0.1) is 0 Å². The lowest BCUT2D eigenvalue weighted by Gasteiger charge is -2.05. The number of hydrogen-bond donors (Lipinski definition) is 2. The molecule has 0 saturated carbocycles. The number of benzene rings is 1. The lowest BCUT2D eigenvalue weighted by molar-refractivity contribution is 0.0958. The normalized spacial score (nSPS) is 11.2. The van der Waals surface area contributed by atoms with Crippen LogP contribution in [0, 0.1) is 3.95 Å². The Morgan fingerprint density at radius 1 is 1.42 bits per heavy atom. The first-order valence-corrected chi connectivity index (χ1v) is 9.28. The molecule has 0 spiro atoms. The van der Waals surface area contributed by atoms with Crippen LogP contribution in [-0.2, 0) is 0 Å². The smallest absolute Gasteiger partial charge is 0.265 e. The van der Waals surface area contributed by atoms with E-state index in [9.17, 15) is 9.59 Å². The summed E-state index contributed by atoms with van der Waals surface area (Å²) in [6, 6.07) is 5.04. The van der Waals surface area contributed by atoms with E-state index in [0.29, 0.717) is 36.9 Å². The van der Waals surface area contributed by atoms with Crippen LogP contribution in [0.15, 0.2) is 23.0 Å². The maximum atomic E-state index is 12.4. The molecule has 126 valence electrons. The molecule has 0 aliphatic carbocycles. The number of hydrogen-bond acceptors (Lipinski definition) is 4. The molecule has 2 heterocycles. The van der Waals surface area contributed by atoms with Crippen molar-refractivity contribution in [3.63, 3.8) is 0 Å². The quantitative estimate of drug-likeness (QED) is 0.515. The average Bonchev–Trinajstić information content (AvgIpc) is 2.88. The van der Waals surface area contributed by atoms with Gasteiger partial charge in [-0.1, -0.05) is 42.7 Å². The van der Waals surface area contributed by atoms with E-state index in [1.807, 2.05) is 0 Å². The molecule has 2 N–H and O–H groups in total. The highest BCUT2D eigenvalue weighted by atomic mass is 35.5. The predicted octanol–water partition coefficient (Wildman–Crippen LogP) is 4.15. The summed E-state index contributed by atoms with van der Waals surface area (Å²) in [5.41, 5.74) is 0.780. The van der Waals surface area contributed by atoms with Crippen molar-refractivity contribution in [1.82, 2.24) is 14.7 Å². The first-order chi connectivity index (χ1) is 11.5. The summed E-state index contributed by atoms with van der Waals surface area (Å²) >= 11 is 12.6. The number of aromatic amines is 1. The van der Waals surface area contributed by atoms with Crippen LogP contribution in [0.2, 0.25) is 5.02 Å². The van der Waals surface area contributed by atoms with E-state index in [0.717, 1.165) is 19.3 Å². The number of fused-ring (bicyclic) bond motifs is 3. The minimum atomic E-state index is -0.291. The van der Waals surface area contributed by atoms with Crippen LogP contribution in [0.25, 0.3) is 16.6 Å². The number of unbranched alkanes of at least 4 members (excludes halogenated alkanes) is 2. The molecule has 0 bridgehead atoms. The van der Waals surface area contributed by atoms with Crippen molar-refractivity contribution in [2.75, 3.05) is 6.54 Å². The van der Waals surface area contributed by atoms with E-state index < -0.39 is 0 Å². The molecule has 5 nitrogen and oxygen atoms in total. The fourth-order valence-electron chi connectivity index (χ4n) is 2.58. The zero-order chi connectivity index (χ0) is 17.3. The van der Waals surface area contributed by atoms with E-state index >= 15 is 0 Å². The summed E-state index contributed by atoms with van der Waals surface area (Å²) in [6.07, 6.45) is 3.08. The Hall–Kier alpha value is -1.70. The second-order valence-corrected chi connectivity index (χ2v) is 7.54. The monoisotopic (exact) mass is 381 g/mol. The van der Waals surface area contributed by atoms with E-state index in [-0.39, 0.29) is 11.5 Å². The summed E-state index contributed by atoms with van der Waals surface area (Å²) in [7, 11) is 0. The highest BCUT2D eigenvalue weighted by molar-refractivity contribution is 7.73. The van der Waals surface area contributed by atoms with Gasteiger partial charge in [0.05, 0.1) is 10.9 Å². The van der Waals surface area contributed by atoms with Crippen molar-refractivity contribution in [3.8, 4) is 0 Å². The molecule has 0 fully saturated rings. The maximum absolute atomic E-state index is 12.4. The zero-order valence-corrected chi connectivity index (χ0v) is 15.4. The largest absolute Gasteiger partial charge is 0.351 e. The summed E-state index contributed by atoms with van der Waals surface area (Å²) in [6.45, 7) is 2.72. The molecule has 0 saturated heterocycles. The Labute approximate surface area is 152 Å². The second-order valence-electron chi connectivity index (χ2n) is 5.46. The molecule has 3 aromatic rings. The molecule has 0 radical (unpaired) electrons. The van der Waals surface area contributed by atoms with Crippen LogP contribution in [0.4, 0.5) is 0 Å². The number of carbonyl (C=O) groups excluding carboxylic acids is 1. The molecular formula is C16H16ClN3O2S2. The highest BCUT2D eigenvalue weighted by Gasteiger charge is 2.17. The molecule has 1 aromatic carbocycles. The number of rotatable bonds is 5. The van der Waals surface area contributed by atoms with Gasteiger partial charge in [0.2, 0.25) is 0 Å². The van der Waals surface area contributed by atoms with Crippen LogP contribution in [-0.4, -0.2) is 21.8 Å². The van der Waals surface area contributed by atoms with Crippen LogP contribution in [0.5, 0.6) is 0 Å². The third-order valence-corrected chi connectivity index (χ3v) is 5.37. The molecule has 8 heteroatoms. The van der Waals surface area contributed by atoms with Gasteiger partial charge >= 0.3 is 0 Å². The average molecular weight is 382 g/mol. The third-order valence-electron chi connectivity index (χ3n) is 3.76. The number of amides is 1. The van der Waals surface area contributed by atoms with Crippen molar-refractivity contribution >= 4 is 57.6 Å². The SMILES string of the molecule is CCCCCNC(=O)c1sc(=S)n2c1[nH]c(=O)c1cc(Cl)ccc12. The molecule has 3 rings (SSSR count). The number of aromatic nitrogens is 2. The standard InChI is InChI=1S/C16H16ClN3O2S2/c1-2-3-4-7-18-15(22)12-13-19-14(21)10-8-9(17)5-6-11(10)20(13)16(23)24-12/h5-6,8H,2-4,7H2,1H3,(H,18,22)(H,19,21). The minimum Gasteiger partial charge on any atom is -0.351 e. The Balaban J connectivity index is 2.10. The maximum Gasteiger partial charge on any atom is 0.265 e. The fourth-order valence-corrected chi connectivity index (χ4v) is 4.05. The van der Waals surface area contributed by atoms with Crippen LogP contribution in [0.1, 0.15) is 35.9 Å². The second kappa shape index (κ2) is 7.04. The number of thiazole rings is 1. The van der Waals surface area contributed by atoms with Crippen LogP contribution >= 0.6 is 35.2 Å². The zero-order valence-electron chi connectivity index (χ0n) is 13.0. The van der Waals surface area contributed by atoms with Gasteiger partial charge in [-0.2, -0.15) is 0 Å². The van der Waals surface area contributed by atoms with Gasteiger partial charge in [0.1, 0.15) is 10.5 Å². The Kier molecular flexibility index (Phi) is 5.03. The van der Waals surface area contributed by atoms with Crippen molar-refractivity contribution in [1.29, 1.82) is 0 Å². The van der Waals surface area contributed by atoms with Crippen molar-refractivity contribution in [2.45, 2.75) is 26.2 Å². The molecule has 24 heavy (non-hydrogen) atoms. The van der Waals surface area contributed by atoms with E-state index in [1.165, 1.54) is 11.3 Å². The van der Waals surface area contributed by atoms with E-state index in [4.69, 9.17) is 23.8 Å². The number of nitrogens with zero attached hydrogens (tertiary/aromatic N) is 1. The Morgan fingerprint density at radius 3 is 2.96 bits per heavy atom. The molecule has 0 aliphatic rings. The molecular weight excluding hydrogens is 366 g/mol. The molecule has 0 unspecified atom stereocenters. The summed E-state index contributed by atoms with van der Waals surface area (Å²) in [5.74, 6) is -0.214. The predicted molar refractivity (Wildman–Crippen MR) is 101 cm³/mol. The number of carbonyl (C=O) groups is 1. The Bertz CT molecular complexity index is 1040. The van der Waals surface area contributed by atoms with Gasteiger partial charge in [-0.25, -0.2) is 0 Å². The van der Waals surface area contributed by atoms with Gasteiger partial charge in [-0.3, -0.25) is 14.0 Å². The van der Waals surface area contributed by atoms with Gasteiger partial charge in [0.15, 0.2) is 3.95 Å². The van der Waals surface area contributed by atoms with Crippen LogP contribution < -0.4 is 10.9 Å². The number of halogens is 1. The summed E-state index contributed by atoms with van der Waals surface area (Å²) < 4.78 is 2.22. The highest BCUT2D eigenvalue weighted by Crippen LogP contribution is 2.24. The van der Waals surface area contributed by atoms with Gasteiger partial charge in [-0.05, 0) is 36.8 Å². The summed E-state index contributed by atoms with van der Waals surface area (Å²) in [4.78, 5) is 28.0. The van der Waals surface area contributed by atoms with Crippen molar-refractivity contribution < 1.29 is 4.79 Å². The topological polar surface area (TPSA) is 66.4 Å². The van der Waals surface area contributed by atoms with Gasteiger partial charge < -0.3 is 10.3 Å². The third kappa shape index (κ3) is 3.11. The summed E-state index contributed by atoms with van der Waals surface area (Å²) in [5, 5.41) is 3.80. The molecule has 1 amide bonds. The number of nitrogens with one attached hydrogen (secondary N) is 2. The Morgan fingerprint density at radius 2 is 2.21 bits per heavy atom. The molecule has 0 aliphatic heterocycles. The lowest BCUT2D eigenvalue weighted by atomic mass is 10.2. The van der Waals surface area contributed by atoms with Gasteiger partial charge in [0.25, 0.3) is 11.5 Å². The van der Waals surface area contributed by atoms with E-state index in [2.05, 4.69) is 17.2 Å². The van der Waals surface area contributed by atoms with Gasteiger partial charge in [0, 0.05) is 11.6 Å². The van der Waals surface area contributed by atoms with Crippen LogP contribution in [0.3, 0.4) is 0 Å². The number of H-pyrrole nitrogens is 1. The first-order valence-electron chi connectivity index (χ1n) is 7.68.